The number of ether oxygens (including phenoxy) is 1. The first kappa shape index (κ1) is 13.0. The van der Waals surface area contributed by atoms with Crippen molar-refractivity contribution in [2.75, 3.05) is 12.3 Å². The van der Waals surface area contributed by atoms with Gasteiger partial charge < -0.3 is 10.5 Å². The Balaban J connectivity index is 2.27. The minimum absolute atomic E-state index is 0.281. The normalized spacial score (nSPS) is 11.6. The van der Waals surface area contributed by atoms with Gasteiger partial charge in [0.1, 0.15) is 5.75 Å². The third-order valence-corrected chi connectivity index (χ3v) is 2.92. The molecule has 0 amide bonds. The van der Waals surface area contributed by atoms with Gasteiger partial charge in [-0.2, -0.15) is 5.26 Å². The molecule has 0 aromatic heterocycles. The highest BCUT2D eigenvalue weighted by Crippen LogP contribution is 2.26. The third kappa shape index (κ3) is 3.05. The summed E-state index contributed by atoms with van der Waals surface area (Å²) in [6, 6.07) is 17.4. The van der Waals surface area contributed by atoms with E-state index >= 15 is 0 Å². The van der Waals surface area contributed by atoms with E-state index in [2.05, 4.69) is 6.07 Å². The molecule has 0 spiro atoms. The second-order valence-electron chi connectivity index (χ2n) is 4.23. The molecule has 0 aliphatic rings. The maximum Gasteiger partial charge on any atom is 0.119 e. The second-order valence-corrected chi connectivity index (χ2v) is 4.23. The molecule has 19 heavy (non-hydrogen) atoms. The molecule has 1 unspecified atom stereocenters. The van der Waals surface area contributed by atoms with Crippen molar-refractivity contribution >= 4 is 5.69 Å². The quantitative estimate of drug-likeness (QED) is 0.849. The van der Waals surface area contributed by atoms with E-state index in [9.17, 15) is 5.26 Å². The smallest absolute Gasteiger partial charge is 0.119 e. The summed E-state index contributed by atoms with van der Waals surface area (Å²) in [5, 5.41) is 9.36. The number of nitriles is 1. The van der Waals surface area contributed by atoms with Crippen molar-refractivity contribution in [2.45, 2.75) is 12.8 Å². The number of benzene rings is 2. The fourth-order valence-corrected chi connectivity index (χ4v) is 1.95. The van der Waals surface area contributed by atoms with E-state index in [4.69, 9.17) is 10.5 Å². The van der Waals surface area contributed by atoms with Crippen LogP contribution >= 0.6 is 0 Å². The van der Waals surface area contributed by atoms with Gasteiger partial charge in [0, 0.05) is 5.69 Å². The summed E-state index contributed by atoms with van der Waals surface area (Å²) in [4.78, 5) is 0. The summed E-state index contributed by atoms with van der Waals surface area (Å²) in [5.41, 5.74) is 8.26. The van der Waals surface area contributed by atoms with Crippen LogP contribution in [0, 0.1) is 11.3 Å². The van der Waals surface area contributed by atoms with Crippen LogP contribution in [0.3, 0.4) is 0 Å². The molecule has 1 atom stereocenters. The Morgan fingerprint density at radius 1 is 1.05 bits per heavy atom. The number of nitrogens with two attached hydrogens (primary N) is 1. The van der Waals surface area contributed by atoms with Gasteiger partial charge >= 0.3 is 0 Å². The van der Waals surface area contributed by atoms with Gasteiger partial charge in [-0.15, -0.1) is 0 Å². The van der Waals surface area contributed by atoms with Crippen LogP contribution in [0.25, 0.3) is 0 Å². The van der Waals surface area contributed by atoms with Gasteiger partial charge in [0.25, 0.3) is 0 Å². The van der Waals surface area contributed by atoms with Crippen molar-refractivity contribution in [3.05, 3.63) is 59.7 Å². The molecular weight excluding hydrogens is 236 g/mol. The molecule has 2 N–H and O–H groups in total. The van der Waals surface area contributed by atoms with Crippen LogP contribution in [0.1, 0.15) is 24.0 Å². The highest BCUT2D eigenvalue weighted by molar-refractivity contribution is 5.45. The maximum atomic E-state index is 9.36. The molecule has 2 aromatic rings. The van der Waals surface area contributed by atoms with Crippen molar-refractivity contribution < 1.29 is 4.74 Å². The number of nitrogens with zero attached hydrogens (tertiary/aromatic N) is 1. The molecule has 0 saturated carbocycles. The van der Waals surface area contributed by atoms with E-state index in [1.807, 2.05) is 55.5 Å². The zero-order chi connectivity index (χ0) is 13.7. The Kier molecular flexibility index (Phi) is 4.04. The average molecular weight is 252 g/mol. The summed E-state index contributed by atoms with van der Waals surface area (Å²) in [5.74, 6) is 0.538. The lowest BCUT2D eigenvalue weighted by atomic mass is 9.92. The summed E-state index contributed by atoms with van der Waals surface area (Å²) < 4.78 is 5.40. The Labute approximate surface area is 113 Å². The number of rotatable bonds is 4. The molecule has 0 heterocycles. The maximum absolute atomic E-state index is 9.36. The molecule has 0 aliphatic heterocycles. The number of hydrogen-bond acceptors (Lipinski definition) is 3. The van der Waals surface area contributed by atoms with E-state index in [1.165, 1.54) is 0 Å². The highest BCUT2D eigenvalue weighted by atomic mass is 16.5. The van der Waals surface area contributed by atoms with E-state index < -0.39 is 0 Å². The van der Waals surface area contributed by atoms with Crippen molar-refractivity contribution in [3.63, 3.8) is 0 Å². The van der Waals surface area contributed by atoms with Crippen LogP contribution in [0.5, 0.6) is 5.75 Å². The monoisotopic (exact) mass is 252 g/mol. The lowest BCUT2D eigenvalue weighted by molar-refractivity contribution is 0.340. The lowest BCUT2D eigenvalue weighted by Crippen LogP contribution is -1.99. The zero-order valence-electron chi connectivity index (χ0n) is 10.8. The standard InChI is InChI=1S/C16H16N2O/c1-2-19-15-9-5-13(6-10-15)16(11-17)12-3-7-14(18)8-4-12/h3-10,16H,2,18H2,1H3. The molecule has 3 heteroatoms. The van der Waals surface area contributed by atoms with Crippen molar-refractivity contribution in [1.82, 2.24) is 0 Å². The molecule has 3 nitrogen and oxygen atoms in total. The van der Waals surface area contributed by atoms with Gasteiger partial charge in [-0.1, -0.05) is 24.3 Å². The van der Waals surface area contributed by atoms with E-state index in [0.717, 1.165) is 16.9 Å². The molecule has 96 valence electrons. The highest BCUT2D eigenvalue weighted by Gasteiger charge is 2.13. The molecule has 0 fully saturated rings. The van der Waals surface area contributed by atoms with Gasteiger partial charge in [-0.05, 0) is 42.3 Å². The van der Waals surface area contributed by atoms with E-state index in [1.54, 1.807) is 0 Å². The van der Waals surface area contributed by atoms with Gasteiger partial charge in [0.05, 0.1) is 18.6 Å². The van der Waals surface area contributed by atoms with Crippen LogP contribution in [0.15, 0.2) is 48.5 Å². The van der Waals surface area contributed by atoms with Crippen LogP contribution in [-0.2, 0) is 0 Å². The van der Waals surface area contributed by atoms with Gasteiger partial charge in [-0.25, -0.2) is 0 Å². The Hall–Kier alpha value is -2.47. The van der Waals surface area contributed by atoms with Crippen LogP contribution in [0.2, 0.25) is 0 Å². The van der Waals surface area contributed by atoms with Crippen LogP contribution in [-0.4, -0.2) is 6.61 Å². The number of nitrogen functional groups attached to an aromatic ring is 1. The largest absolute Gasteiger partial charge is 0.494 e. The SMILES string of the molecule is CCOc1ccc(C(C#N)c2ccc(N)cc2)cc1. The molecule has 2 rings (SSSR count). The molecule has 0 aliphatic carbocycles. The van der Waals surface area contributed by atoms with E-state index in [0.29, 0.717) is 12.3 Å². The number of anilines is 1. The molecule has 0 radical (unpaired) electrons. The summed E-state index contributed by atoms with van der Waals surface area (Å²) in [6.07, 6.45) is 0. The molecule has 0 saturated heterocycles. The third-order valence-electron chi connectivity index (χ3n) is 2.92. The zero-order valence-corrected chi connectivity index (χ0v) is 10.8. The van der Waals surface area contributed by atoms with Crippen molar-refractivity contribution in [1.29, 1.82) is 5.26 Å². The molecule has 2 aromatic carbocycles. The van der Waals surface area contributed by atoms with E-state index in [-0.39, 0.29) is 5.92 Å². The first-order valence-corrected chi connectivity index (χ1v) is 6.22. The first-order valence-electron chi connectivity index (χ1n) is 6.22. The van der Waals surface area contributed by atoms with Crippen molar-refractivity contribution in [3.8, 4) is 11.8 Å². The predicted molar refractivity (Wildman–Crippen MR) is 75.9 cm³/mol. The summed E-state index contributed by atoms with van der Waals surface area (Å²) >= 11 is 0. The fourth-order valence-electron chi connectivity index (χ4n) is 1.95. The van der Waals surface area contributed by atoms with Crippen molar-refractivity contribution in [2.24, 2.45) is 0 Å². The first-order chi connectivity index (χ1) is 9.24. The Bertz CT molecular complexity index is 567. The second kappa shape index (κ2) is 5.92. The Morgan fingerprint density at radius 3 is 2.05 bits per heavy atom. The van der Waals surface area contributed by atoms with Crippen LogP contribution in [0.4, 0.5) is 5.69 Å². The summed E-state index contributed by atoms with van der Waals surface area (Å²) in [7, 11) is 0. The fraction of sp³-hybridized carbons (Fsp3) is 0.188. The Morgan fingerprint density at radius 2 is 1.58 bits per heavy atom. The van der Waals surface area contributed by atoms with Crippen LogP contribution < -0.4 is 10.5 Å². The van der Waals surface area contributed by atoms with Gasteiger partial charge in [0.2, 0.25) is 0 Å². The minimum atomic E-state index is -0.281. The van der Waals surface area contributed by atoms with Gasteiger partial charge in [-0.3, -0.25) is 0 Å². The lowest BCUT2D eigenvalue weighted by Gasteiger charge is -2.11. The molecular formula is C16H16N2O. The minimum Gasteiger partial charge on any atom is -0.494 e. The van der Waals surface area contributed by atoms with Gasteiger partial charge in [0.15, 0.2) is 0 Å². The topological polar surface area (TPSA) is 59.0 Å². The average Bonchev–Trinajstić information content (AvgIpc) is 2.44. The number of hydrogen-bond donors (Lipinski definition) is 1. The molecule has 0 bridgehead atoms. The summed E-state index contributed by atoms with van der Waals surface area (Å²) in [6.45, 7) is 2.58. The predicted octanol–water partition coefficient (Wildman–Crippen LogP) is 3.32.